The monoisotopic (exact) mass is 243 g/mol. The van der Waals surface area contributed by atoms with E-state index in [4.69, 9.17) is 9.47 Å². The summed E-state index contributed by atoms with van der Waals surface area (Å²) < 4.78 is 11.5. The lowest BCUT2D eigenvalue weighted by atomic mass is 9.98. The second-order valence-electron chi connectivity index (χ2n) is 4.63. The SMILES string of the molecule is C1=CC(C2=CCC=CO2)OC(C2C=NCCC2)=C1. The van der Waals surface area contributed by atoms with Crippen molar-refractivity contribution < 1.29 is 9.47 Å². The molecule has 18 heavy (non-hydrogen) atoms. The van der Waals surface area contributed by atoms with Crippen molar-refractivity contribution in [3.8, 4) is 0 Å². The van der Waals surface area contributed by atoms with Gasteiger partial charge in [-0.15, -0.1) is 0 Å². The maximum absolute atomic E-state index is 6.02. The second-order valence-corrected chi connectivity index (χ2v) is 4.63. The van der Waals surface area contributed by atoms with E-state index < -0.39 is 0 Å². The number of rotatable bonds is 2. The van der Waals surface area contributed by atoms with Crippen LogP contribution in [0.5, 0.6) is 0 Å². The average Bonchev–Trinajstić information content (AvgIpc) is 2.49. The quantitative estimate of drug-likeness (QED) is 0.746. The maximum atomic E-state index is 6.02. The molecule has 3 aliphatic heterocycles. The molecule has 94 valence electrons. The van der Waals surface area contributed by atoms with E-state index in [1.165, 1.54) is 0 Å². The summed E-state index contributed by atoms with van der Waals surface area (Å²) in [6, 6.07) is 0. The van der Waals surface area contributed by atoms with Gasteiger partial charge in [-0.25, -0.2) is 0 Å². The molecular formula is C15H17NO2. The van der Waals surface area contributed by atoms with Gasteiger partial charge in [0.1, 0.15) is 11.5 Å². The molecule has 0 aromatic carbocycles. The highest BCUT2D eigenvalue weighted by Crippen LogP contribution is 2.27. The molecule has 0 amide bonds. The summed E-state index contributed by atoms with van der Waals surface area (Å²) in [5.41, 5.74) is 0. The van der Waals surface area contributed by atoms with Crippen LogP contribution in [-0.4, -0.2) is 18.9 Å². The third-order valence-electron chi connectivity index (χ3n) is 3.30. The Bertz CT molecular complexity index is 457. The minimum absolute atomic E-state index is 0.0923. The highest BCUT2D eigenvalue weighted by Gasteiger charge is 2.23. The van der Waals surface area contributed by atoms with E-state index >= 15 is 0 Å². The summed E-state index contributed by atoms with van der Waals surface area (Å²) in [7, 11) is 0. The maximum Gasteiger partial charge on any atom is 0.174 e. The van der Waals surface area contributed by atoms with Crippen LogP contribution in [0.25, 0.3) is 0 Å². The molecule has 3 heterocycles. The van der Waals surface area contributed by atoms with Crippen LogP contribution in [0, 0.1) is 5.92 Å². The minimum atomic E-state index is -0.0923. The number of aliphatic imine (C=N–C) groups is 1. The first-order valence-electron chi connectivity index (χ1n) is 6.50. The van der Waals surface area contributed by atoms with Crippen LogP contribution in [0.1, 0.15) is 19.3 Å². The van der Waals surface area contributed by atoms with Gasteiger partial charge >= 0.3 is 0 Å². The van der Waals surface area contributed by atoms with E-state index in [0.717, 1.165) is 37.3 Å². The van der Waals surface area contributed by atoms with Gasteiger partial charge in [-0.3, -0.25) is 4.99 Å². The van der Waals surface area contributed by atoms with Crippen molar-refractivity contribution >= 4 is 6.21 Å². The Balaban J connectivity index is 1.70. The van der Waals surface area contributed by atoms with Gasteiger partial charge in [0, 0.05) is 12.8 Å². The van der Waals surface area contributed by atoms with Gasteiger partial charge in [0.05, 0.1) is 12.2 Å². The Morgan fingerprint density at radius 2 is 2.28 bits per heavy atom. The number of ether oxygens (including phenoxy) is 2. The van der Waals surface area contributed by atoms with Crippen molar-refractivity contribution in [2.75, 3.05) is 6.54 Å². The van der Waals surface area contributed by atoms with E-state index in [2.05, 4.69) is 17.1 Å². The molecule has 3 aliphatic rings. The molecule has 0 N–H and O–H groups in total. The standard InChI is InChI=1S/C15H17NO2/c1-2-10-17-14(6-1)15-8-3-7-13(18-15)12-5-4-9-16-11-12/h2-3,6-8,10-12,15H,1,4-5,9H2. The third kappa shape index (κ3) is 2.40. The Morgan fingerprint density at radius 3 is 3.06 bits per heavy atom. The van der Waals surface area contributed by atoms with Gasteiger partial charge in [0.2, 0.25) is 0 Å². The van der Waals surface area contributed by atoms with Crippen molar-refractivity contribution in [1.82, 2.24) is 0 Å². The van der Waals surface area contributed by atoms with E-state index in [1.54, 1.807) is 6.26 Å². The minimum Gasteiger partial charge on any atom is -0.482 e. The van der Waals surface area contributed by atoms with Crippen LogP contribution < -0.4 is 0 Å². The summed E-state index contributed by atoms with van der Waals surface area (Å²) in [6.07, 6.45) is 17.0. The summed E-state index contributed by atoms with van der Waals surface area (Å²) in [6.45, 7) is 0.947. The molecule has 0 aromatic rings. The first-order valence-corrected chi connectivity index (χ1v) is 6.50. The predicted octanol–water partition coefficient (Wildman–Crippen LogP) is 3.12. The van der Waals surface area contributed by atoms with Crippen LogP contribution in [0.3, 0.4) is 0 Å². The molecule has 0 saturated heterocycles. The molecule has 3 heteroatoms. The van der Waals surface area contributed by atoms with Gasteiger partial charge in [0.15, 0.2) is 6.10 Å². The largest absolute Gasteiger partial charge is 0.482 e. The van der Waals surface area contributed by atoms with Crippen molar-refractivity contribution in [2.24, 2.45) is 10.9 Å². The summed E-state index contributed by atoms with van der Waals surface area (Å²) >= 11 is 0. The highest BCUT2D eigenvalue weighted by atomic mass is 16.5. The molecule has 0 aliphatic carbocycles. The fourth-order valence-electron chi connectivity index (χ4n) is 2.33. The van der Waals surface area contributed by atoms with E-state index in [0.29, 0.717) is 5.92 Å². The Labute approximate surface area is 107 Å². The fourth-order valence-corrected chi connectivity index (χ4v) is 2.33. The zero-order chi connectivity index (χ0) is 12.2. The van der Waals surface area contributed by atoms with Gasteiger partial charge < -0.3 is 9.47 Å². The molecule has 0 fully saturated rings. The van der Waals surface area contributed by atoms with Gasteiger partial charge in [-0.1, -0.05) is 6.08 Å². The van der Waals surface area contributed by atoms with E-state index in [-0.39, 0.29) is 6.10 Å². The normalized spacial score (nSPS) is 30.2. The van der Waals surface area contributed by atoms with Gasteiger partial charge in [0.25, 0.3) is 0 Å². The lowest BCUT2D eigenvalue weighted by Crippen LogP contribution is -2.22. The first kappa shape index (κ1) is 11.3. The van der Waals surface area contributed by atoms with E-state index in [1.807, 2.05) is 24.4 Å². The number of hydrogen-bond donors (Lipinski definition) is 0. The van der Waals surface area contributed by atoms with Crippen LogP contribution >= 0.6 is 0 Å². The lowest BCUT2D eigenvalue weighted by Gasteiger charge is -2.27. The second kappa shape index (κ2) is 5.25. The molecule has 3 nitrogen and oxygen atoms in total. The van der Waals surface area contributed by atoms with Crippen molar-refractivity contribution in [1.29, 1.82) is 0 Å². The molecule has 0 spiro atoms. The zero-order valence-corrected chi connectivity index (χ0v) is 10.3. The van der Waals surface area contributed by atoms with Crippen LogP contribution in [0.4, 0.5) is 0 Å². The summed E-state index contributed by atoms with van der Waals surface area (Å²) in [4.78, 5) is 4.34. The molecule has 0 bridgehead atoms. The van der Waals surface area contributed by atoms with E-state index in [9.17, 15) is 0 Å². The average molecular weight is 243 g/mol. The fraction of sp³-hybridized carbons (Fsp3) is 0.400. The van der Waals surface area contributed by atoms with Crippen LogP contribution in [-0.2, 0) is 9.47 Å². The van der Waals surface area contributed by atoms with Crippen molar-refractivity contribution in [3.05, 3.63) is 48.2 Å². The topological polar surface area (TPSA) is 30.8 Å². The smallest absolute Gasteiger partial charge is 0.174 e. The molecule has 0 saturated carbocycles. The van der Waals surface area contributed by atoms with Crippen molar-refractivity contribution in [2.45, 2.75) is 25.4 Å². The number of hydrogen-bond acceptors (Lipinski definition) is 3. The van der Waals surface area contributed by atoms with Crippen LogP contribution in [0.2, 0.25) is 0 Å². The molecular weight excluding hydrogens is 226 g/mol. The van der Waals surface area contributed by atoms with Crippen LogP contribution in [0.15, 0.2) is 53.2 Å². The Morgan fingerprint density at radius 1 is 1.28 bits per heavy atom. The van der Waals surface area contributed by atoms with Gasteiger partial charge in [-0.2, -0.15) is 0 Å². The highest BCUT2D eigenvalue weighted by molar-refractivity contribution is 5.65. The van der Waals surface area contributed by atoms with Gasteiger partial charge in [-0.05, 0) is 43.6 Å². The molecule has 2 unspecified atom stereocenters. The molecule has 2 atom stereocenters. The molecule has 0 aromatic heterocycles. The van der Waals surface area contributed by atoms with Crippen molar-refractivity contribution in [3.63, 3.8) is 0 Å². The molecule has 0 radical (unpaired) electrons. The summed E-state index contributed by atoms with van der Waals surface area (Å²) in [5.74, 6) is 2.21. The Hall–Kier alpha value is -1.77. The molecule has 3 rings (SSSR count). The first-order chi connectivity index (χ1) is 8.93. The third-order valence-corrected chi connectivity index (χ3v) is 3.30. The predicted molar refractivity (Wildman–Crippen MR) is 71.1 cm³/mol. The lowest BCUT2D eigenvalue weighted by molar-refractivity contribution is 0.113. The summed E-state index contributed by atoms with van der Waals surface area (Å²) in [5, 5.41) is 0. The number of nitrogens with zero attached hydrogens (tertiary/aromatic N) is 1. The number of allylic oxidation sites excluding steroid dienone is 5. The zero-order valence-electron chi connectivity index (χ0n) is 10.3. The Kier molecular flexibility index (Phi) is 3.31.